The first-order chi connectivity index (χ1) is 7.17. The number of unbranched alkanes of at least 4 members (excludes halogenated alkanes) is 1. The van der Waals surface area contributed by atoms with Crippen LogP contribution in [0.5, 0.6) is 0 Å². The van der Waals surface area contributed by atoms with E-state index in [-0.39, 0.29) is 11.1 Å². The van der Waals surface area contributed by atoms with Crippen molar-refractivity contribution in [1.82, 2.24) is 0 Å². The fourth-order valence-corrected chi connectivity index (χ4v) is 1.93. The Hall–Kier alpha value is -0.510. The van der Waals surface area contributed by atoms with Crippen LogP contribution in [0.4, 0.5) is 0 Å². The molecule has 0 saturated carbocycles. The molecule has 0 amide bonds. The highest BCUT2D eigenvalue weighted by Gasteiger charge is 2.26. The highest BCUT2D eigenvalue weighted by Crippen LogP contribution is 2.18. The van der Waals surface area contributed by atoms with Gasteiger partial charge in [0.1, 0.15) is 5.92 Å². The van der Waals surface area contributed by atoms with Gasteiger partial charge in [-0.15, -0.1) is 0 Å². The normalized spacial score (nSPS) is 12.2. The molecule has 0 aromatic heterocycles. The second kappa shape index (κ2) is 8.77. The Morgan fingerprint density at radius 3 is 2.40 bits per heavy atom. The van der Waals surface area contributed by atoms with Gasteiger partial charge in [-0.3, -0.25) is 9.59 Å². The summed E-state index contributed by atoms with van der Waals surface area (Å²) >= 11 is 1.20. The summed E-state index contributed by atoms with van der Waals surface area (Å²) < 4.78 is 4.90. The first kappa shape index (κ1) is 14.5. The fourth-order valence-electron chi connectivity index (χ4n) is 1.23. The molecule has 0 aliphatic heterocycles. The maximum atomic E-state index is 11.6. The van der Waals surface area contributed by atoms with Crippen LogP contribution in [0.25, 0.3) is 0 Å². The van der Waals surface area contributed by atoms with Gasteiger partial charge >= 0.3 is 5.97 Å². The number of rotatable bonds is 7. The number of carbonyl (C=O) groups excluding carboxylic acids is 2. The minimum Gasteiger partial charge on any atom is -0.465 e. The Morgan fingerprint density at radius 1 is 1.27 bits per heavy atom. The Labute approximate surface area is 95.9 Å². The SMILES string of the molecule is CCCCC(C(=O)OCC)C(=O)SCC. The molecule has 0 fully saturated rings. The topological polar surface area (TPSA) is 43.4 Å². The van der Waals surface area contributed by atoms with E-state index in [1.807, 2.05) is 13.8 Å². The van der Waals surface area contributed by atoms with Crippen molar-refractivity contribution in [2.24, 2.45) is 5.92 Å². The quantitative estimate of drug-likeness (QED) is 0.500. The van der Waals surface area contributed by atoms with Crippen molar-refractivity contribution in [3.05, 3.63) is 0 Å². The van der Waals surface area contributed by atoms with Crippen LogP contribution in [-0.2, 0) is 14.3 Å². The van der Waals surface area contributed by atoms with Gasteiger partial charge in [0.2, 0.25) is 5.12 Å². The molecular formula is C11H20O3S. The van der Waals surface area contributed by atoms with Gasteiger partial charge in [0.15, 0.2) is 0 Å². The van der Waals surface area contributed by atoms with Crippen LogP contribution in [0.1, 0.15) is 40.0 Å². The Balaban J connectivity index is 4.28. The maximum absolute atomic E-state index is 11.6. The molecule has 1 unspecified atom stereocenters. The third kappa shape index (κ3) is 5.82. The zero-order valence-corrected chi connectivity index (χ0v) is 10.6. The smallest absolute Gasteiger partial charge is 0.317 e. The van der Waals surface area contributed by atoms with Gasteiger partial charge in [0.25, 0.3) is 0 Å². The van der Waals surface area contributed by atoms with Crippen LogP contribution >= 0.6 is 11.8 Å². The van der Waals surface area contributed by atoms with Gasteiger partial charge < -0.3 is 4.74 Å². The number of hydrogen-bond donors (Lipinski definition) is 0. The second-order valence-corrected chi connectivity index (χ2v) is 4.47. The van der Waals surface area contributed by atoms with E-state index in [1.54, 1.807) is 6.92 Å². The highest BCUT2D eigenvalue weighted by atomic mass is 32.2. The number of carbonyl (C=O) groups is 2. The Morgan fingerprint density at radius 2 is 1.93 bits per heavy atom. The first-order valence-electron chi connectivity index (χ1n) is 5.50. The van der Waals surface area contributed by atoms with Crippen molar-refractivity contribution in [3.8, 4) is 0 Å². The van der Waals surface area contributed by atoms with Crippen molar-refractivity contribution in [1.29, 1.82) is 0 Å². The van der Waals surface area contributed by atoms with Gasteiger partial charge in [0.05, 0.1) is 6.61 Å². The van der Waals surface area contributed by atoms with Gasteiger partial charge in [-0.25, -0.2) is 0 Å². The van der Waals surface area contributed by atoms with E-state index in [0.717, 1.165) is 12.8 Å². The zero-order chi connectivity index (χ0) is 11.7. The zero-order valence-electron chi connectivity index (χ0n) is 9.75. The third-order valence-electron chi connectivity index (χ3n) is 1.99. The molecule has 3 nitrogen and oxygen atoms in total. The number of ether oxygens (including phenoxy) is 1. The summed E-state index contributed by atoms with van der Waals surface area (Å²) in [7, 11) is 0. The molecule has 4 heteroatoms. The van der Waals surface area contributed by atoms with Crippen LogP contribution in [0.3, 0.4) is 0 Å². The molecule has 0 N–H and O–H groups in total. The molecule has 0 aromatic carbocycles. The molecule has 0 aliphatic rings. The summed E-state index contributed by atoms with van der Waals surface area (Å²) in [6, 6.07) is 0. The largest absolute Gasteiger partial charge is 0.465 e. The predicted molar refractivity (Wildman–Crippen MR) is 62.8 cm³/mol. The van der Waals surface area contributed by atoms with Crippen LogP contribution in [-0.4, -0.2) is 23.4 Å². The summed E-state index contributed by atoms with van der Waals surface area (Å²) in [5.74, 6) is -0.215. The van der Waals surface area contributed by atoms with E-state index in [9.17, 15) is 9.59 Å². The fraction of sp³-hybridized carbons (Fsp3) is 0.818. The van der Waals surface area contributed by atoms with Crippen molar-refractivity contribution in [3.63, 3.8) is 0 Å². The van der Waals surface area contributed by atoms with E-state index in [2.05, 4.69) is 0 Å². The van der Waals surface area contributed by atoms with Crippen molar-refractivity contribution in [2.45, 2.75) is 40.0 Å². The maximum Gasteiger partial charge on any atom is 0.317 e. The third-order valence-corrected chi connectivity index (χ3v) is 2.85. The highest BCUT2D eigenvalue weighted by molar-refractivity contribution is 8.13. The molecule has 15 heavy (non-hydrogen) atoms. The van der Waals surface area contributed by atoms with Crippen LogP contribution in [0.2, 0.25) is 0 Å². The molecular weight excluding hydrogens is 212 g/mol. The molecule has 0 bridgehead atoms. The Bertz CT molecular complexity index is 186. The lowest BCUT2D eigenvalue weighted by Crippen LogP contribution is -2.24. The van der Waals surface area contributed by atoms with Crippen molar-refractivity contribution < 1.29 is 14.3 Å². The lowest BCUT2D eigenvalue weighted by Gasteiger charge is -2.12. The van der Waals surface area contributed by atoms with E-state index < -0.39 is 5.92 Å². The van der Waals surface area contributed by atoms with Gasteiger partial charge in [0, 0.05) is 0 Å². The molecule has 0 saturated heterocycles. The average molecular weight is 232 g/mol. The molecule has 0 rings (SSSR count). The molecule has 0 heterocycles. The standard InChI is InChI=1S/C11H20O3S/c1-4-7-8-9(10(12)14-5-2)11(13)15-6-3/h9H,4-8H2,1-3H3. The van der Waals surface area contributed by atoms with Crippen LogP contribution in [0, 0.1) is 5.92 Å². The van der Waals surface area contributed by atoms with E-state index >= 15 is 0 Å². The monoisotopic (exact) mass is 232 g/mol. The molecule has 0 aromatic rings. The molecule has 0 aliphatic carbocycles. The summed E-state index contributed by atoms with van der Waals surface area (Å²) in [5.41, 5.74) is 0. The van der Waals surface area contributed by atoms with Gasteiger partial charge in [-0.05, 0) is 19.1 Å². The van der Waals surface area contributed by atoms with Gasteiger partial charge in [-0.1, -0.05) is 38.5 Å². The second-order valence-electron chi connectivity index (χ2n) is 3.20. The van der Waals surface area contributed by atoms with Crippen LogP contribution < -0.4 is 0 Å². The minimum absolute atomic E-state index is 0.0515. The van der Waals surface area contributed by atoms with E-state index in [0.29, 0.717) is 18.8 Å². The first-order valence-corrected chi connectivity index (χ1v) is 6.49. The summed E-state index contributed by atoms with van der Waals surface area (Å²) in [6.45, 7) is 6.04. The number of thioether (sulfide) groups is 1. The summed E-state index contributed by atoms with van der Waals surface area (Å²) in [4.78, 5) is 23.1. The summed E-state index contributed by atoms with van der Waals surface area (Å²) in [6.07, 6.45) is 2.49. The molecule has 0 radical (unpaired) electrons. The van der Waals surface area contributed by atoms with Crippen LogP contribution in [0.15, 0.2) is 0 Å². The summed E-state index contributed by atoms with van der Waals surface area (Å²) in [5, 5.41) is -0.0515. The average Bonchev–Trinajstić information content (AvgIpc) is 2.19. The number of esters is 1. The molecule has 1 atom stereocenters. The molecule has 88 valence electrons. The van der Waals surface area contributed by atoms with Gasteiger partial charge in [-0.2, -0.15) is 0 Å². The molecule has 0 spiro atoms. The number of hydrogen-bond acceptors (Lipinski definition) is 4. The lowest BCUT2D eigenvalue weighted by molar-refractivity contribution is -0.150. The Kier molecular flexibility index (Phi) is 8.47. The minimum atomic E-state index is -0.560. The van der Waals surface area contributed by atoms with Crippen molar-refractivity contribution in [2.75, 3.05) is 12.4 Å². The lowest BCUT2D eigenvalue weighted by atomic mass is 10.0. The van der Waals surface area contributed by atoms with E-state index in [1.165, 1.54) is 11.8 Å². The van der Waals surface area contributed by atoms with E-state index in [4.69, 9.17) is 4.74 Å². The predicted octanol–water partition coefficient (Wildman–Crippen LogP) is 2.64. The van der Waals surface area contributed by atoms with Crippen molar-refractivity contribution >= 4 is 22.8 Å².